The number of hydrogen-bond acceptors (Lipinski definition) is 4. The molecule has 0 aliphatic carbocycles. The zero-order valence-corrected chi connectivity index (χ0v) is 15.9. The predicted octanol–water partition coefficient (Wildman–Crippen LogP) is 3.12. The summed E-state index contributed by atoms with van der Waals surface area (Å²) in [6, 6.07) is 10.6. The normalized spacial score (nSPS) is 18.8. The van der Waals surface area contributed by atoms with E-state index in [-0.39, 0.29) is 18.4 Å². The van der Waals surface area contributed by atoms with Crippen molar-refractivity contribution < 1.29 is 13.2 Å². The van der Waals surface area contributed by atoms with Crippen LogP contribution in [0.2, 0.25) is 5.02 Å². The molecule has 25 heavy (non-hydrogen) atoms. The van der Waals surface area contributed by atoms with Crippen molar-refractivity contribution in [1.82, 2.24) is 9.62 Å². The van der Waals surface area contributed by atoms with Gasteiger partial charge in [-0.1, -0.05) is 29.8 Å². The molecular weight excluding hydrogens is 380 g/mol. The van der Waals surface area contributed by atoms with E-state index in [1.54, 1.807) is 29.6 Å². The first-order valence-electron chi connectivity index (χ1n) is 8.02. The minimum absolute atomic E-state index is 0.110. The molecule has 1 aliphatic heterocycles. The summed E-state index contributed by atoms with van der Waals surface area (Å²) in [5.74, 6) is -0.434. The highest BCUT2D eigenvalue weighted by molar-refractivity contribution is 7.91. The molecule has 0 bridgehead atoms. The second-order valence-corrected chi connectivity index (χ2v) is 9.53. The third kappa shape index (κ3) is 4.41. The molecule has 5 nitrogen and oxygen atoms in total. The van der Waals surface area contributed by atoms with Gasteiger partial charge < -0.3 is 5.32 Å². The number of benzene rings is 1. The smallest absolute Gasteiger partial charge is 0.252 e. The van der Waals surface area contributed by atoms with Crippen molar-refractivity contribution >= 4 is 38.9 Å². The Morgan fingerprint density at radius 3 is 2.72 bits per heavy atom. The fourth-order valence-electron chi connectivity index (χ4n) is 2.85. The first-order valence-corrected chi connectivity index (χ1v) is 10.7. The van der Waals surface area contributed by atoms with Crippen LogP contribution in [-0.4, -0.2) is 31.7 Å². The van der Waals surface area contributed by atoms with Gasteiger partial charge in [-0.05, 0) is 42.0 Å². The van der Waals surface area contributed by atoms with Gasteiger partial charge in [0.25, 0.3) is 10.0 Å². The van der Waals surface area contributed by atoms with Crippen molar-refractivity contribution in [2.24, 2.45) is 5.92 Å². The van der Waals surface area contributed by atoms with Gasteiger partial charge in [0.15, 0.2) is 0 Å². The Kier molecular flexibility index (Phi) is 5.78. The molecule has 1 amide bonds. The van der Waals surface area contributed by atoms with Gasteiger partial charge in [-0.3, -0.25) is 4.79 Å². The Bertz CT molecular complexity index is 820. The number of piperidine rings is 1. The highest BCUT2D eigenvalue weighted by atomic mass is 35.5. The first-order chi connectivity index (χ1) is 12.0. The Hall–Kier alpha value is -1.41. The van der Waals surface area contributed by atoms with Crippen molar-refractivity contribution in [2.75, 3.05) is 13.1 Å². The fourth-order valence-corrected chi connectivity index (χ4v) is 5.64. The number of thiophene rings is 1. The summed E-state index contributed by atoms with van der Waals surface area (Å²) in [4.78, 5) is 12.4. The Morgan fingerprint density at radius 1 is 1.28 bits per heavy atom. The van der Waals surface area contributed by atoms with Crippen LogP contribution in [0.15, 0.2) is 46.0 Å². The average Bonchev–Trinajstić information content (AvgIpc) is 3.16. The van der Waals surface area contributed by atoms with Gasteiger partial charge in [-0.2, -0.15) is 4.31 Å². The van der Waals surface area contributed by atoms with Crippen molar-refractivity contribution in [3.63, 3.8) is 0 Å². The number of halogens is 1. The van der Waals surface area contributed by atoms with E-state index in [4.69, 9.17) is 11.6 Å². The number of rotatable bonds is 5. The lowest BCUT2D eigenvalue weighted by Crippen LogP contribution is -2.45. The molecule has 2 heterocycles. The SMILES string of the molecule is O=C(NCc1ccc(Cl)cc1)C1CCCN(S(=O)(=O)c2cccs2)C1. The van der Waals surface area contributed by atoms with Crippen LogP contribution < -0.4 is 5.32 Å². The number of nitrogens with one attached hydrogen (secondary N) is 1. The summed E-state index contributed by atoms with van der Waals surface area (Å²) < 4.78 is 27.0. The van der Waals surface area contributed by atoms with E-state index in [0.717, 1.165) is 5.56 Å². The van der Waals surface area contributed by atoms with E-state index >= 15 is 0 Å². The zero-order chi connectivity index (χ0) is 17.9. The number of sulfonamides is 1. The lowest BCUT2D eigenvalue weighted by molar-refractivity contribution is -0.126. The van der Waals surface area contributed by atoms with E-state index in [2.05, 4.69) is 5.32 Å². The molecular formula is C17H19ClN2O3S2. The van der Waals surface area contributed by atoms with Crippen molar-refractivity contribution in [3.05, 3.63) is 52.4 Å². The molecule has 1 aromatic carbocycles. The van der Waals surface area contributed by atoms with Crippen LogP contribution in [-0.2, 0) is 21.4 Å². The van der Waals surface area contributed by atoms with Crippen LogP contribution in [0.3, 0.4) is 0 Å². The van der Waals surface area contributed by atoms with Crippen molar-refractivity contribution in [2.45, 2.75) is 23.6 Å². The molecule has 1 aliphatic rings. The molecule has 134 valence electrons. The van der Waals surface area contributed by atoms with Gasteiger partial charge in [0.2, 0.25) is 5.91 Å². The number of nitrogens with zero attached hydrogens (tertiary/aromatic N) is 1. The monoisotopic (exact) mass is 398 g/mol. The maximum absolute atomic E-state index is 12.6. The first kappa shape index (κ1) is 18.4. The average molecular weight is 399 g/mol. The maximum atomic E-state index is 12.6. The molecule has 2 aromatic rings. The second-order valence-electron chi connectivity index (χ2n) is 5.98. The van der Waals surface area contributed by atoms with E-state index in [1.165, 1.54) is 15.6 Å². The summed E-state index contributed by atoms with van der Waals surface area (Å²) in [6.07, 6.45) is 1.38. The third-order valence-corrected chi connectivity index (χ3v) is 7.71. The molecule has 1 N–H and O–H groups in total. The molecule has 0 radical (unpaired) electrons. The number of carbonyl (C=O) groups is 1. The number of amides is 1. The van der Waals surface area contributed by atoms with Crippen LogP contribution in [0.1, 0.15) is 18.4 Å². The number of hydrogen-bond donors (Lipinski definition) is 1. The molecule has 1 unspecified atom stereocenters. The molecule has 8 heteroatoms. The fraction of sp³-hybridized carbons (Fsp3) is 0.353. The Labute approximate surface area is 156 Å². The minimum Gasteiger partial charge on any atom is -0.352 e. The largest absolute Gasteiger partial charge is 0.352 e. The molecule has 1 fully saturated rings. The van der Waals surface area contributed by atoms with Gasteiger partial charge in [-0.25, -0.2) is 8.42 Å². The van der Waals surface area contributed by atoms with Crippen LogP contribution in [0.4, 0.5) is 0 Å². The van der Waals surface area contributed by atoms with E-state index in [9.17, 15) is 13.2 Å². The van der Waals surface area contributed by atoms with Gasteiger partial charge >= 0.3 is 0 Å². The minimum atomic E-state index is -3.50. The second kappa shape index (κ2) is 7.86. The molecule has 0 saturated carbocycles. The van der Waals surface area contributed by atoms with Crippen molar-refractivity contribution in [1.29, 1.82) is 0 Å². The van der Waals surface area contributed by atoms with Gasteiger partial charge in [-0.15, -0.1) is 11.3 Å². The molecule has 3 rings (SSSR count). The lowest BCUT2D eigenvalue weighted by atomic mass is 9.99. The van der Waals surface area contributed by atoms with Crippen LogP contribution in [0, 0.1) is 5.92 Å². The third-order valence-electron chi connectivity index (χ3n) is 4.22. The predicted molar refractivity (Wildman–Crippen MR) is 99.1 cm³/mol. The molecule has 0 spiro atoms. The quantitative estimate of drug-likeness (QED) is 0.841. The Morgan fingerprint density at radius 2 is 2.04 bits per heavy atom. The summed E-state index contributed by atoms with van der Waals surface area (Å²) in [5, 5.41) is 5.29. The highest BCUT2D eigenvalue weighted by Gasteiger charge is 2.33. The van der Waals surface area contributed by atoms with Gasteiger partial charge in [0, 0.05) is 24.7 Å². The van der Waals surface area contributed by atoms with Crippen LogP contribution in [0.5, 0.6) is 0 Å². The zero-order valence-electron chi connectivity index (χ0n) is 13.5. The number of carbonyl (C=O) groups excluding carboxylic acids is 1. The van der Waals surface area contributed by atoms with E-state index in [0.29, 0.717) is 35.2 Å². The lowest BCUT2D eigenvalue weighted by Gasteiger charge is -2.30. The summed E-state index contributed by atoms with van der Waals surface area (Å²) >= 11 is 7.05. The summed E-state index contributed by atoms with van der Waals surface area (Å²) in [5.41, 5.74) is 0.955. The van der Waals surface area contributed by atoms with E-state index in [1.807, 2.05) is 12.1 Å². The summed E-state index contributed by atoms with van der Waals surface area (Å²) in [7, 11) is -3.50. The highest BCUT2D eigenvalue weighted by Crippen LogP contribution is 2.26. The molecule has 1 saturated heterocycles. The van der Waals surface area contributed by atoms with Gasteiger partial charge in [0.1, 0.15) is 4.21 Å². The Balaban J connectivity index is 1.61. The van der Waals surface area contributed by atoms with Gasteiger partial charge in [0.05, 0.1) is 5.92 Å². The van der Waals surface area contributed by atoms with Crippen LogP contribution in [0.25, 0.3) is 0 Å². The standard InChI is InChI=1S/C17H19ClN2O3S2/c18-15-7-5-13(6-8-15)11-19-17(21)14-3-1-9-20(12-14)25(22,23)16-4-2-10-24-16/h2,4-8,10,14H,1,3,9,11-12H2,(H,19,21). The molecule has 1 aromatic heterocycles. The maximum Gasteiger partial charge on any atom is 0.252 e. The summed E-state index contributed by atoms with van der Waals surface area (Å²) in [6.45, 7) is 1.10. The molecule has 1 atom stereocenters. The van der Waals surface area contributed by atoms with E-state index < -0.39 is 10.0 Å². The topological polar surface area (TPSA) is 66.5 Å². The van der Waals surface area contributed by atoms with Crippen LogP contribution >= 0.6 is 22.9 Å². The van der Waals surface area contributed by atoms with Crippen molar-refractivity contribution in [3.8, 4) is 0 Å².